The normalized spacial score (nSPS) is 12.9. The topological polar surface area (TPSA) is 131 Å². The minimum absolute atomic E-state index is 0.165. The van der Waals surface area contributed by atoms with Crippen LogP contribution < -0.4 is 15.4 Å². The van der Waals surface area contributed by atoms with Crippen LogP contribution in [0.1, 0.15) is 39.0 Å². The van der Waals surface area contributed by atoms with Gasteiger partial charge in [-0.3, -0.25) is 14.5 Å². The Bertz CT molecular complexity index is 1860. The summed E-state index contributed by atoms with van der Waals surface area (Å²) in [5.41, 5.74) is 2.84. The molecule has 5 aromatic rings. The van der Waals surface area contributed by atoms with Gasteiger partial charge in [-0.25, -0.2) is 18.5 Å². The van der Waals surface area contributed by atoms with Gasteiger partial charge in [0.15, 0.2) is 10.0 Å². The monoisotopic (exact) mass is 612 g/mol. The average Bonchev–Trinajstić information content (AvgIpc) is 3.43. The van der Waals surface area contributed by atoms with Crippen LogP contribution in [0.3, 0.4) is 0 Å². The summed E-state index contributed by atoms with van der Waals surface area (Å²) in [7, 11) is -3.35. The molecule has 0 fully saturated rings. The molecule has 1 atom stereocenters. The summed E-state index contributed by atoms with van der Waals surface area (Å²) in [6.45, 7) is 8.47. The standard InChI is InChI=1S/C33H36N6O4S/c1-5-43-44(34,41)25-14-12-24(13-15-25)39-31(21-30(38-39)33(2,3)4)37-32(40)36-28-16-17-29(27-11-7-6-10-26(27)28)42-20-18-23-9-8-19-35-22-23/h6-17,19,21-22,34H,5,18,20H2,1-4H3,(H2,36,37,40). The number of nitrogens with zero attached hydrogens (tertiary/aromatic N) is 3. The molecular weight excluding hydrogens is 576 g/mol. The zero-order valence-electron chi connectivity index (χ0n) is 25.2. The molecule has 2 aromatic heterocycles. The predicted octanol–water partition coefficient (Wildman–Crippen LogP) is 7.34. The number of pyridine rings is 1. The van der Waals surface area contributed by atoms with Crippen LogP contribution in [-0.4, -0.2) is 38.2 Å². The van der Waals surface area contributed by atoms with Crippen LogP contribution in [0.25, 0.3) is 16.5 Å². The first-order valence-corrected chi connectivity index (χ1v) is 15.8. The minimum Gasteiger partial charge on any atom is -0.493 e. The smallest absolute Gasteiger partial charge is 0.324 e. The number of nitrogens with one attached hydrogen (secondary N) is 3. The molecule has 0 saturated carbocycles. The molecule has 0 saturated heterocycles. The van der Waals surface area contributed by atoms with E-state index in [1.54, 1.807) is 42.1 Å². The van der Waals surface area contributed by atoms with Gasteiger partial charge in [0.25, 0.3) is 0 Å². The van der Waals surface area contributed by atoms with Crippen LogP contribution in [0.15, 0.2) is 96.2 Å². The molecule has 0 radical (unpaired) electrons. The number of ether oxygens (including phenoxy) is 1. The minimum atomic E-state index is -3.35. The SMILES string of the molecule is CCOS(=N)(=O)c1ccc(-n2nc(C(C)(C)C)cc2NC(=O)Nc2ccc(OCCc3cccnc3)c3ccccc23)cc1. The molecule has 3 aromatic carbocycles. The van der Waals surface area contributed by atoms with Gasteiger partial charge in [0.2, 0.25) is 0 Å². The second-order valence-electron chi connectivity index (χ2n) is 11.2. The number of amides is 2. The third-order valence-electron chi connectivity index (χ3n) is 6.90. The summed E-state index contributed by atoms with van der Waals surface area (Å²) in [6.07, 6.45) is 4.31. The molecule has 0 aliphatic rings. The van der Waals surface area contributed by atoms with Crippen molar-refractivity contribution in [2.45, 2.75) is 44.4 Å². The molecule has 2 amide bonds. The van der Waals surface area contributed by atoms with Crippen LogP contribution in [-0.2, 0) is 26.0 Å². The Labute approximate surface area is 257 Å². The van der Waals surface area contributed by atoms with Gasteiger partial charge >= 0.3 is 6.03 Å². The van der Waals surface area contributed by atoms with Crippen molar-refractivity contribution in [2.75, 3.05) is 23.8 Å². The zero-order chi connectivity index (χ0) is 31.3. The number of aromatic nitrogens is 3. The van der Waals surface area contributed by atoms with Crippen molar-refractivity contribution in [2.24, 2.45) is 0 Å². The van der Waals surface area contributed by atoms with Crippen LogP contribution in [0.2, 0.25) is 0 Å². The van der Waals surface area contributed by atoms with Gasteiger partial charge in [-0.2, -0.15) is 5.10 Å². The maximum atomic E-state index is 13.4. The lowest BCUT2D eigenvalue weighted by Crippen LogP contribution is -2.21. The Morgan fingerprint density at radius 2 is 1.73 bits per heavy atom. The van der Waals surface area contributed by atoms with Crippen molar-refractivity contribution >= 4 is 38.3 Å². The fraction of sp³-hybridized carbons (Fsp3) is 0.242. The van der Waals surface area contributed by atoms with Crippen LogP contribution in [0, 0.1) is 4.78 Å². The summed E-state index contributed by atoms with van der Waals surface area (Å²) in [5.74, 6) is 1.18. The lowest BCUT2D eigenvalue weighted by molar-refractivity contribution is 0.262. The fourth-order valence-electron chi connectivity index (χ4n) is 4.63. The number of hydrogen-bond donors (Lipinski definition) is 3. The summed E-state index contributed by atoms with van der Waals surface area (Å²) in [5, 5.41) is 12.4. The Morgan fingerprint density at radius 3 is 2.41 bits per heavy atom. The molecule has 44 heavy (non-hydrogen) atoms. The molecule has 1 unspecified atom stereocenters. The Morgan fingerprint density at radius 1 is 0.977 bits per heavy atom. The van der Waals surface area contributed by atoms with Crippen molar-refractivity contribution < 1.29 is 17.9 Å². The first kappa shape index (κ1) is 30.7. The van der Waals surface area contributed by atoms with Gasteiger partial charge in [0.1, 0.15) is 11.6 Å². The Hall–Kier alpha value is -4.74. The van der Waals surface area contributed by atoms with Gasteiger partial charge < -0.3 is 10.1 Å². The number of fused-ring (bicyclic) bond motifs is 1. The first-order chi connectivity index (χ1) is 21.0. The molecule has 228 valence electrons. The Kier molecular flexibility index (Phi) is 8.98. The summed E-state index contributed by atoms with van der Waals surface area (Å²) in [6, 6.07) is 23.3. The second kappa shape index (κ2) is 12.9. The van der Waals surface area contributed by atoms with E-state index in [1.807, 2.05) is 81.6 Å². The van der Waals surface area contributed by atoms with Crippen molar-refractivity contribution in [1.29, 1.82) is 4.78 Å². The molecule has 5 rings (SSSR count). The number of carbonyl (C=O) groups is 1. The first-order valence-electron chi connectivity index (χ1n) is 14.3. The second-order valence-corrected chi connectivity index (χ2v) is 12.9. The highest BCUT2D eigenvalue weighted by molar-refractivity contribution is 7.87. The van der Waals surface area contributed by atoms with E-state index in [-0.39, 0.29) is 16.9 Å². The van der Waals surface area contributed by atoms with E-state index in [1.165, 1.54) is 0 Å². The molecule has 10 nitrogen and oxygen atoms in total. The zero-order valence-corrected chi connectivity index (χ0v) is 26.0. The summed E-state index contributed by atoms with van der Waals surface area (Å²) < 4.78 is 33.4. The highest BCUT2D eigenvalue weighted by atomic mass is 32.2. The maximum Gasteiger partial charge on any atom is 0.324 e. The molecule has 0 bridgehead atoms. The number of urea groups is 1. The van der Waals surface area contributed by atoms with E-state index in [0.717, 1.165) is 34.2 Å². The fourth-order valence-corrected chi connectivity index (χ4v) is 5.60. The molecule has 0 aliphatic heterocycles. The van der Waals surface area contributed by atoms with E-state index < -0.39 is 16.0 Å². The van der Waals surface area contributed by atoms with E-state index in [9.17, 15) is 9.00 Å². The average molecular weight is 613 g/mol. The van der Waals surface area contributed by atoms with Gasteiger partial charge in [-0.05, 0) is 55.0 Å². The van der Waals surface area contributed by atoms with E-state index >= 15 is 0 Å². The van der Waals surface area contributed by atoms with Gasteiger partial charge in [-0.1, -0.05) is 51.1 Å². The quantitative estimate of drug-likeness (QED) is 0.151. The third-order valence-corrected chi connectivity index (χ3v) is 8.36. The van der Waals surface area contributed by atoms with Gasteiger partial charge in [0.05, 0.1) is 35.2 Å². The highest BCUT2D eigenvalue weighted by Gasteiger charge is 2.22. The largest absolute Gasteiger partial charge is 0.493 e. The Balaban J connectivity index is 1.36. The van der Waals surface area contributed by atoms with Gasteiger partial charge in [-0.15, -0.1) is 0 Å². The number of anilines is 2. The molecule has 11 heteroatoms. The number of benzene rings is 3. The molecule has 2 heterocycles. The molecule has 0 aliphatic carbocycles. The lowest BCUT2D eigenvalue weighted by Gasteiger charge is -2.15. The number of carbonyl (C=O) groups excluding carboxylic acids is 1. The van der Waals surface area contributed by atoms with Crippen molar-refractivity contribution in [3.63, 3.8) is 0 Å². The summed E-state index contributed by atoms with van der Waals surface area (Å²) in [4.78, 5) is 17.8. The number of hydrogen-bond acceptors (Lipinski definition) is 7. The molecule has 0 spiro atoms. The number of rotatable bonds is 10. The van der Waals surface area contributed by atoms with E-state index in [4.69, 9.17) is 18.8 Å². The van der Waals surface area contributed by atoms with E-state index in [2.05, 4.69) is 15.6 Å². The van der Waals surface area contributed by atoms with Gasteiger partial charge in [0, 0.05) is 41.1 Å². The van der Waals surface area contributed by atoms with Crippen molar-refractivity contribution in [3.05, 3.63) is 103 Å². The predicted molar refractivity (Wildman–Crippen MR) is 173 cm³/mol. The molecular formula is C33H36N6O4S. The maximum absolute atomic E-state index is 13.4. The van der Waals surface area contributed by atoms with Crippen LogP contribution in [0.4, 0.5) is 16.3 Å². The van der Waals surface area contributed by atoms with Crippen LogP contribution >= 0.6 is 0 Å². The van der Waals surface area contributed by atoms with Crippen molar-refractivity contribution in [1.82, 2.24) is 14.8 Å². The van der Waals surface area contributed by atoms with Crippen LogP contribution in [0.5, 0.6) is 5.75 Å². The lowest BCUT2D eigenvalue weighted by atomic mass is 9.92. The third kappa shape index (κ3) is 7.07. The summed E-state index contributed by atoms with van der Waals surface area (Å²) >= 11 is 0. The van der Waals surface area contributed by atoms with E-state index in [0.29, 0.717) is 23.8 Å². The molecule has 3 N–H and O–H groups in total. The van der Waals surface area contributed by atoms with Crippen molar-refractivity contribution in [3.8, 4) is 11.4 Å². The highest BCUT2D eigenvalue weighted by Crippen LogP contribution is 2.32.